The molecule has 0 radical (unpaired) electrons. The average molecular weight is 230 g/mol. The number of hydrogen-bond donors (Lipinski definition) is 0. The third kappa shape index (κ3) is 1.24. The second kappa shape index (κ2) is 3.19. The van der Waals surface area contributed by atoms with Crippen molar-refractivity contribution in [1.82, 2.24) is 0 Å². The summed E-state index contributed by atoms with van der Waals surface area (Å²) in [6.07, 6.45) is 1.80. The molecule has 4 heteroatoms. The molecule has 2 fully saturated rings. The van der Waals surface area contributed by atoms with Crippen molar-refractivity contribution in [3.05, 3.63) is 0 Å². The third-order valence-corrected chi connectivity index (χ3v) is 3.68. The molecule has 0 aromatic heterocycles. The first-order valence-electron chi connectivity index (χ1n) is 5.96. The molecule has 0 aliphatic carbocycles. The molecule has 0 N–H and O–H groups in total. The topological polar surface area (TPSA) is 43.5 Å². The molecule has 0 amide bonds. The predicted molar refractivity (Wildman–Crippen MR) is 58.2 cm³/mol. The largest absolute Gasteiger partial charge is 0.269 e. The zero-order valence-corrected chi connectivity index (χ0v) is 11.0. The minimum absolute atomic E-state index is 0.125. The fourth-order valence-electron chi connectivity index (χ4n) is 3.17. The Morgan fingerprint density at radius 3 is 1.69 bits per heavy atom. The first kappa shape index (κ1) is 12.3. The molecular formula is C12H22O4. The van der Waals surface area contributed by atoms with Crippen LogP contribution in [-0.2, 0) is 19.6 Å². The molecule has 2 heterocycles. The van der Waals surface area contributed by atoms with Gasteiger partial charge in [-0.2, -0.15) is 9.78 Å². The summed E-state index contributed by atoms with van der Waals surface area (Å²) in [5.74, 6) is -0.637. The van der Waals surface area contributed by atoms with Crippen LogP contribution in [0.15, 0.2) is 0 Å². The SMILES string of the molecule is CCCC1(C2(C(C)(C)C)OOC2(C)C)OO1. The molecule has 2 rings (SSSR count). The standard InChI is InChI=1S/C12H22O4/c1-7-8-11(14-15-11)12(9(2,3)4)10(5,6)13-16-12/h7-8H2,1-6H3. The molecule has 2 aliphatic heterocycles. The van der Waals surface area contributed by atoms with Crippen molar-refractivity contribution in [1.29, 1.82) is 0 Å². The van der Waals surface area contributed by atoms with Crippen LogP contribution in [0.5, 0.6) is 0 Å². The van der Waals surface area contributed by atoms with Crippen LogP contribution in [0.4, 0.5) is 0 Å². The Hall–Kier alpha value is -0.160. The normalized spacial score (nSPS) is 35.6. The molecule has 2 aliphatic rings. The second-order valence-corrected chi connectivity index (χ2v) is 6.28. The zero-order valence-electron chi connectivity index (χ0n) is 11.0. The summed E-state index contributed by atoms with van der Waals surface area (Å²) in [5, 5.41) is 0. The van der Waals surface area contributed by atoms with Crippen LogP contribution in [0.2, 0.25) is 0 Å². The molecule has 4 nitrogen and oxygen atoms in total. The van der Waals surface area contributed by atoms with Gasteiger partial charge >= 0.3 is 0 Å². The van der Waals surface area contributed by atoms with Crippen LogP contribution in [0.1, 0.15) is 54.4 Å². The monoisotopic (exact) mass is 230 g/mol. The Morgan fingerprint density at radius 2 is 1.50 bits per heavy atom. The van der Waals surface area contributed by atoms with E-state index in [9.17, 15) is 0 Å². The summed E-state index contributed by atoms with van der Waals surface area (Å²) < 4.78 is 0. The molecule has 0 saturated carbocycles. The summed E-state index contributed by atoms with van der Waals surface area (Å²) in [7, 11) is 0. The highest BCUT2D eigenvalue weighted by molar-refractivity contribution is 5.17. The highest BCUT2D eigenvalue weighted by atomic mass is 17.4. The zero-order chi connectivity index (χ0) is 12.2. The molecule has 0 bridgehead atoms. The maximum Gasteiger partial charge on any atom is 0.269 e. The Bertz CT molecular complexity index is 276. The Labute approximate surface area is 97.1 Å². The van der Waals surface area contributed by atoms with Gasteiger partial charge in [-0.15, -0.1) is 0 Å². The molecule has 2 saturated heterocycles. The fraction of sp³-hybridized carbons (Fsp3) is 1.00. The lowest BCUT2D eigenvalue weighted by Crippen LogP contribution is -2.76. The summed E-state index contributed by atoms with van der Waals surface area (Å²) in [4.78, 5) is 21.4. The van der Waals surface area contributed by atoms with Gasteiger partial charge in [-0.05, 0) is 13.8 Å². The van der Waals surface area contributed by atoms with Crippen LogP contribution in [-0.4, -0.2) is 17.0 Å². The van der Waals surface area contributed by atoms with Crippen LogP contribution < -0.4 is 0 Å². The lowest BCUT2D eigenvalue weighted by atomic mass is 9.61. The summed E-state index contributed by atoms with van der Waals surface area (Å²) >= 11 is 0. The quantitative estimate of drug-likeness (QED) is 0.552. The second-order valence-electron chi connectivity index (χ2n) is 6.28. The van der Waals surface area contributed by atoms with E-state index in [4.69, 9.17) is 19.6 Å². The van der Waals surface area contributed by atoms with Gasteiger partial charge in [0.2, 0.25) is 0 Å². The number of hydrogen-bond acceptors (Lipinski definition) is 4. The third-order valence-electron chi connectivity index (χ3n) is 3.68. The van der Waals surface area contributed by atoms with E-state index in [0.717, 1.165) is 12.8 Å². The van der Waals surface area contributed by atoms with Gasteiger partial charge in [0, 0.05) is 11.8 Å². The van der Waals surface area contributed by atoms with Gasteiger partial charge in [-0.25, -0.2) is 9.78 Å². The fourth-order valence-corrected chi connectivity index (χ4v) is 3.17. The van der Waals surface area contributed by atoms with Gasteiger partial charge < -0.3 is 0 Å². The van der Waals surface area contributed by atoms with Crippen molar-refractivity contribution >= 4 is 0 Å². The highest BCUT2D eigenvalue weighted by Gasteiger charge is 2.82. The lowest BCUT2D eigenvalue weighted by molar-refractivity contribution is -0.578. The Morgan fingerprint density at radius 1 is 0.938 bits per heavy atom. The number of rotatable bonds is 3. The Balaban J connectivity index is 2.38. The maximum absolute atomic E-state index is 5.53. The lowest BCUT2D eigenvalue weighted by Gasteiger charge is -2.59. The van der Waals surface area contributed by atoms with Crippen molar-refractivity contribution < 1.29 is 19.6 Å². The molecule has 0 aromatic carbocycles. The van der Waals surface area contributed by atoms with Crippen molar-refractivity contribution in [3.63, 3.8) is 0 Å². The van der Waals surface area contributed by atoms with E-state index >= 15 is 0 Å². The van der Waals surface area contributed by atoms with E-state index < -0.39 is 17.0 Å². The van der Waals surface area contributed by atoms with E-state index in [-0.39, 0.29) is 5.41 Å². The van der Waals surface area contributed by atoms with Crippen molar-refractivity contribution in [3.8, 4) is 0 Å². The predicted octanol–water partition coefficient (Wildman–Crippen LogP) is 2.97. The molecule has 1 unspecified atom stereocenters. The van der Waals surface area contributed by atoms with E-state index in [2.05, 4.69) is 27.7 Å². The Kier molecular flexibility index (Phi) is 2.45. The van der Waals surface area contributed by atoms with Gasteiger partial charge in [-0.1, -0.05) is 34.1 Å². The van der Waals surface area contributed by atoms with Crippen LogP contribution in [0, 0.1) is 5.41 Å². The summed E-state index contributed by atoms with van der Waals surface area (Å²) in [5.41, 5.74) is -1.08. The molecule has 16 heavy (non-hydrogen) atoms. The van der Waals surface area contributed by atoms with Crippen LogP contribution >= 0.6 is 0 Å². The highest BCUT2D eigenvalue weighted by Crippen LogP contribution is 2.64. The van der Waals surface area contributed by atoms with Gasteiger partial charge in [-0.3, -0.25) is 0 Å². The average Bonchev–Trinajstić information content (AvgIpc) is 2.82. The van der Waals surface area contributed by atoms with Crippen molar-refractivity contribution in [2.24, 2.45) is 5.41 Å². The van der Waals surface area contributed by atoms with Crippen LogP contribution in [0.25, 0.3) is 0 Å². The molecule has 0 spiro atoms. The van der Waals surface area contributed by atoms with E-state index in [0.29, 0.717) is 0 Å². The van der Waals surface area contributed by atoms with Gasteiger partial charge in [0.15, 0.2) is 5.60 Å². The first-order valence-corrected chi connectivity index (χ1v) is 5.96. The summed E-state index contributed by atoms with van der Waals surface area (Å²) in [6.45, 7) is 12.5. The summed E-state index contributed by atoms with van der Waals surface area (Å²) in [6, 6.07) is 0. The molecule has 0 aromatic rings. The van der Waals surface area contributed by atoms with E-state index in [1.54, 1.807) is 0 Å². The van der Waals surface area contributed by atoms with Crippen LogP contribution in [0.3, 0.4) is 0 Å². The minimum Gasteiger partial charge on any atom is -0.226 e. The van der Waals surface area contributed by atoms with Gasteiger partial charge in [0.1, 0.15) is 5.60 Å². The van der Waals surface area contributed by atoms with Gasteiger partial charge in [0.05, 0.1) is 0 Å². The first-order chi connectivity index (χ1) is 7.22. The van der Waals surface area contributed by atoms with Crippen molar-refractivity contribution in [2.75, 3.05) is 0 Å². The molecule has 1 atom stereocenters. The smallest absolute Gasteiger partial charge is 0.226 e. The van der Waals surface area contributed by atoms with Crippen molar-refractivity contribution in [2.45, 2.75) is 71.4 Å². The molecule has 94 valence electrons. The van der Waals surface area contributed by atoms with Gasteiger partial charge in [0.25, 0.3) is 5.79 Å². The van der Waals surface area contributed by atoms with E-state index in [1.807, 2.05) is 13.8 Å². The molecular weight excluding hydrogens is 208 g/mol. The minimum atomic E-state index is -0.637. The maximum atomic E-state index is 5.53. The van der Waals surface area contributed by atoms with E-state index in [1.165, 1.54) is 0 Å².